The van der Waals surface area contributed by atoms with Crippen molar-refractivity contribution in [2.45, 2.75) is 31.6 Å². The van der Waals surface area contributed by atoms with E-state index in [9.17, 15) is 14.7 Å². The number of amides is 2. The molecule has 0 aliphatic carbocycles. The molecule has 9 nitrogen and oxygen atoms in total. The van der Waals surface area contributed by atoms with Gasteiger partial charge in [0.1, 0.15) is 18.4 Å². The number of carbonyl (C=O) groups is 2. The summed E-state index contributed by atoms with van der Waals surface area (Å²) < 4.78 is 10.3. The van der Waals surface area contributed by atoms with Gasteiger partial charge in [0.2, 0.25) is 11.8 Å². The molecule has 0 fully saturated rings. The van der Waals surface area contributed by atoms with E-state index in [1.165, 1.54) is 19.2 Å². The van der Waals surface area contributed by atoms with Gasteiger partial charge in [0.05, 0.1) is 20.1 Å². The summed E-state index contributed by atoms with van der Waals surface area (Å²) in [6, 6.07) is 14.8. The normalized spacial score (nSPS) is 15.9. The van der Waals surface area contributed by atoms with E-state index in [1.807, 2.05) is 30.3 Å². The van der Waals surface area contributed by atoms with Crippen LogP contribution in [0.3, 0.4) is 0 Å². The van der Waals surface area contributed by atoms with Gasteiger partial charge in [0.25, 0.3) is 0 Å². The molecule has 0 saturated carbocycles. The highest BCUT2D eigenvalue weighted by atomic mass is 16.7. The molecule has 9 heteroatoms. The van der Waals surface area contributed by atoms with Crippen LogP contribution in [0.4, 0.5) is 4.79 Å². The maximum absolute atomic E-state index is 12.8. The van der Waals surface area contributed by atoms with Gasteiger partial charge in [-0.15, -0.1) is 0 Å². The lowest BCUT2D eigenvalue weighted by molar-refractivity contribution is -0.123. The van der Waals surface area contributed by atoms with Crippen molar-refractivity contribution in [2.24, 2.45) is 5.16 Å². The average molecular weight is 427 g/mol. The highest BCUT2D eigenvalue weighted by Crippen LogP contribution is 2.14. The summed E-state index contributed by atoms with van der Waals surface area (Å²) >= 11 is 0. The van der Waals surface area contributed by atoms with E-state index in [0.29, 0.717) is 17.9 Å². The first kappa shape index (κ1) is 21.9. The van der Waals surface area contributed by atoms with Crippen LogP contribution >= 0.6 is 0 Å². The number of phenolic OH excluding ortho intramolecular Hbond substituents is 1. The Morgan fingerprint density at radius 2 is 1.97 bits per heavy atom. The van der Waals surface area contributed by atoms with Gasteiger partial charge in [-0.25, -0.2) is 4.79 Å². The molecule has 31 heavy (non-hydrogen) atoms. The van der Waals surface area contributed by atoms with E-state index < -0.39 is 18.0 Å². The molecule has 1 unspecified atom stereocenters. The molecule has 2 amide bonds. The summed E-state index contributed by atoms with van der Waals surface area (Å²) in [7, 11) is 1.50. The number of nitrogens with one attached hydrogen (secondary N) is 2. The molecule has 2 aromatic carbocycles. The molecular weight excluding hydrogens is 402 g/mol. The number of ether oxygens (including phenoxy) is 2. The summed E-state index contributed by atoms with van der Waals surface area (Å²) in [5, 5.41) is 18.8. The first-order valence-corrected chi connectivity index (χ1v) is 9.83. The second-order valence-corrected chi connectivity index (χ2v) is 7.00. The highest BCUT2D eigenvalue weighted by Gasteiger charge is 2.26. The van der Waals surface area contributed by atoms with Crippen molar-refractivity contribution in [3.05, 3.63) is 65.7 Å². The number of alkyl carbamates (subject to hydrolysis) is 1. The summed E-state index contributed by atoms with van der Waals surface area (Å²) in [6.45, 7) is 0.284. The Bertz CT molecular complexity index is 918. The molecule has 3 rings (SSSR count). The van der Waals surface area contributed by atoms with Gasteiger partial charge in [-0.1, -0.05) is 47.6 Å². The van der Waals surface area contributed by atoms with Crippen molar-refractivity contribution in [3.8, 4) is 5.75 Å². The highest BCUT2D eigenvalue weighted by molar-refractivity contribution is 5.86. The Balaban J connectivity index is 1.58. The molecule has 3 N–H and O–H groups in total. The largest absolute Gasteiger partial charge is 0.508 e. The number of hydrogen-bond acceptors (Lipinski definition) is 7. The summed E-state index contributed by atoms with van der Waals surface area (Å²) in [5.41, 5.74) is 1.52. The lowest BCUT2D eigenvalue weighted by Crippen LogP contribution is -2.49. The van der Waals surface area contributed by atoms with E-state index >= 15 is 0 Å². The minimum atomic E-state index is -0.908. The van der Waals surface area contributed by atoms with Crippen LogP contribution < -0.4 is 10.6 Å². The smallest absolute Gasteiger partial charge is 0.408 e. The van der Waals surface area contributed by atoms with Crippen molar-refractivity contribution in [1.29, 1.82) is 0 Å². The summed E-state index contributed by atoms with van der Waals surface area (Å²) in [4.78, 5) is 30.3. The Hall–Kier alpha value is -3.75. The van der Waals surface area contributed by atoms with Gasteiger partial charge in [-0.2, -0.15) is 0 Å². The molecular formula is C22H25N3O6. The second kappa shape index (κ2) is 10.9. The quantitative estimate of drug-likeness (QED) is 0.594. The zero-order chi connectivity index (χ0) is 22.1. The van der Waals surface area contributed by atoms with Crippen molar-refractivity contribution in [2.75, 3.05) is 13.7 Å². The van der Waals surface area contributed by atoms with Crippen LogP contribution in [0.15, 0.2) is 59.8 Å². The Labute approximate surface area is 180 Å². The maximum Gasteiger partial charge on any atom is 0.408 e. The third-order valence-corrected chi connectivity index (χ3v) is 4.62. The topological polar surface area (TPSA) is 118 Å². The number of methoxy groups -OCH3 is 1. The number of carbonyl (C=O) groups excluding carboxylic acids is 2. The SMILES string of the molecule is COC1=NOC(CNC(=O)[C@H](Cc2cccc(O)c2)NC(=O)OCc2ccccc2)C1. The maximum atomic E-state index is 12.8. The predicted molar refractivity (Wildman–Crippen MR) is 112 cm³/mol. The van der Waals surface area contributed by atoms with Gasteiger partial charge >= 0.3 is 6.09 Å². The van der Waals surface area contributed by atoms with Gasteiger partial charge in [0.15, 0.2) is 6.10 Å². The fourth-order valence-electron chi connectivity index (χ4n) is 3.01. The lowest BCUT2D eigenvalue weighted by Gasteiger charge is -2.19. The minimum Gasteiger partial charge on any atom is -0.508 e. The molecule has 164 valence electrons. The molecule has 1 aliphatic rings. The standard InChI is InChI=1S/C22H25N3O6/c1-29-20-12-18(31-25-20)13-23-21(27)19(11-16-8-5-9-17(26)10-16)24-22(28)30-14-15-6-3-2-4-7-15/h2-10,18-19,26H,11-14H2,1H3,(H,23,27)(H,24,28)/t18?,19-/m0/s1. The number of hydrogen-bond donors (Lipinski definition) is 3. The number of oxime groups is 1. The molecule has 2 atom stereocenters. The molecule has 0 radical (unpaired) electrons. The Kier molecular flexibility index (Phi) is 7.69. The van der Waals surface area contributed by atoms with Crippen molar-refractivity contribution < 1.29 is 29.0 Å². The number of aromatic hydroxyl groups is 1. The first-order chi connectivity index (χ1) is 15.0. The fraction of sp³-hybridized carbons (Fsp3) is 0.318. The van der Waals surface area contributed by atoms with E-state index in [0.717, 1.165) is 5.56 Å². The van der Waals surface area contributed by atoms with Gasteiger partial charge in [-0.05, 0) is 23.3 Å². The van der Waals surface area contributed by atoms with Crippen LogP contribution in [0, 0.1) is 0 Å². The third kappa shape index (κ3) is 6.91. The van der Waals surface area contributed by atoms with Crippen LogP contribution in [0.25, 0.3) is 0 Å². The van der Waals surface area contributed by atoms with Crippen LogP contribution in [0.2, 0.25) is 0 Å². The number of rotatable bonds is 8. The Morgan fingerprint density at radius 1 is 1.19 bits per heavy atom. The first-order valence-electron chi connectivity index (χ1n) is 9.83. The Morgan fingerprint density at radius 3 is 2.68 bits per heavy atom. The molecule has 1 aliphatic heterocycles. The number of nitrogens with zero attached hydrogens (tertiary/aromatic N) is 1. The van der Waals surface area contributed by atoms with Crippen LogP contribution in [0.1, 0.15) is 17.5 Å². The van der Waals surface area contributed by atoms with Crippen molar-refractivity contribution in [3.63, 3.8) is 0 Å². The summed E-state index contributed by atoms with van der Waals surface area (Å²) in [6.07, 6.45) is -0.441. The van der Waals surface area contributed by atoms with E-state index in [-0.39, 0.29) is 31.4 Å². The molecule has 2 aromatic rings. The monoisotopic (exact) mass is 427 g/mol. The van der Waals surface area contributed by atoms with Crippen LogP contribution in [-0.4, -0.2) is 48.8 Å². The van der Waals surface area contributed by atoms with Gasteiger partial charge < -0.3 is 30.1 Å². The van der Waals surface area contributed by atoms with Gasteiger partial charge in [-0.3, -0.25) is 4.79 Å². The van der Waals surface area contributed by atoms with Crippen LogP contribution in [-0.2, 0) is 32.1 Å². The average Bonchev–Trinajstić information content (AvgIpc) is 3.24. The zero-order valence-corrected chi connectivity index (χ0v) is 17.1. The van der Waals surface area contributed by atoms with Gasteiger partial charge in [0, 0.05) is 6.42 Å². The minimum absolute atomic E-state index is 0.0758. The lowest BCUT2D eigenvalue weighted by atomic mass is 10.0. The second-order valence-electron chi connectivity index (χ2n) is 7.00. The predicted octanol–water partition coefficient (Wildman–Crippen LogP) is 2.09. The van der Waals surface area contributed by atoms with E-state index in [1.54, 1.807) is 12.1 Å². The number of phenols is 1. The van der Waals surface area contributed by atoms with Crippen molar-refractivity contribution in [1.82, 2.24) is 10.6 Å². The van der Waals surface area contributed by atoms with Crippen molar-refractivity contribution >= 4 is 17.9 Å². The van der Waals surface area contributed by atoms with E-state index in [4.69, 9.17) is 14.3 Å². The fourth-order valence-corrected chi connectivity index (χ4v) is 3.01. The molecule has 0 bridgehead atoms. The molecule has 0 aromatic heterocycles. The molecule has 0 spiro atoms. The van der Waals surface area contributed by atoms with E-state index in [2.05, 4.69) is 15.8 Å². The third-order valence-electron chi connectivity index (χ3n) is 4.62. The molecule has 1 heterocycles. The number of benzene rings is 2. The van der Waals surface area contributed by atoms with Crippen LogP contribution in [0.5, 0.6) is 5.75 Å². The molecule has 0 saturated heterocycles. The zero-order valence-electron chi connectivity index (χ0n) is 17.1. The summed E-state index contributed by atoms with van der Waals surface area (Å²) in [5.74, 6) is 0.125.